The largest absolute Gasteiger partial charge is 0.377 e. The van der Waals surface area contributed by atoms with Crippen LogP contribution >= 0.6 is 0 Å². The molecule has 27 heavy (non-hydrogen) atoms. The Bertz CT molecular complexity index is 607. The molecule has 2 heteroatoms. The highest BCUT2D eigenvalue weighted by Gasteiger charge is 2.03. The van der Waals surface area contributed by atoms with Crippen molar-refractivity contribution < 1.29 is 9.53 Å². The second-order valence-electron chi connectivity index (χ2n) is 7.26. The molecule has 2 aromatic rings. The Morgan fingerprint density at radius 2 is 1.15 bits per heavy atom. The molecule has 2 aromatic carbocycles. The van der Waals surface area contributed by atoms with Gasteiger partial charge in [-0.2, -0.15) is 0 Å². The van der Waals surface area contributed by atoms with Gasteiger partial charge in [0.2, 0.25) is 0 Å². The molecule has 0 amide bonds. The van der Waals surface area contributed by atoms with Crippen molar-refractivity contribution in [3.05, 3.63) is 71.8 Å². The van der Waals surface area contributed by atoms with Gasteiger partial charge in [-0.05, 0) is 18.4 Å². The average Bonchev–Trinajstić information content (AvgIpc) is 2.72. The van der Waals surface area contributed by atoms with E-state index in [0.29, 0.717) is 6.42 Å². The minimum atomic E-state index is 0.282. The van der Waals surface area contributed by atoms with Crippen LogP contribution in [0.4, 0.5) is 0 Å². The highest BCUT2D eigenvalue weighted by molar-refractivity contribution is 5.95. The number of rotatable bonds is 15. The van der Waals surface area contributed by atoms with Gasteiger partial charge in [-0.15, -0.1) is 0 Å². The first-order valence-corrected chi connectivity index (χ1v) is 10.6. The standard InChI is InChI=1S/C25H34O2/c26-25(24-18-12-9-13-19-24)20-14-6-4-2-1-3-5-7-15-21-27-22-23-16-10-8-11-17-23/h8-13,16-19H,1-7,14-15,20-22H2. The van der Waals surface area contributed by atoms with Gasteiger partial charge in [0.05, 0.1) is 6.61 Å². The van der Waals surface area contributed by atoms with Crippen molar-refractivity contribution in [1.29, 1.82) is 0 Å². The summed E-state index contributed by atoms with van der Waals surface area (Å²) in [4.78, 5) is 12.0. The fraction of sp³-hybridized carbons (Fsp3) is 0.480. The van der Waals surface area contributed by atoms with Gasteiger partial charge in [0.15, 0.2) is 5.78 Å². The fourth-order valence-electron chi connectivity index (χ4n) is 3.26. The molecule has 0 bridgehead atoms. The Morgan fingerprint density at radius 3 is 1.78 bits per heavy atom. The summed E-state index contributed by atoms with van der Waals surface area (Å²) >= 11 is 0. The third-order valence-electron chi connectivity index (χ3n) is 4.90. The number of hydrogen-bond acceptors (Lipinski definition) is 2. The SMILES string of the molecule is O=C(CCCCCCCCCCCOCc1ccccc1)c1ccccc1. The van der Waals surface area contributed by atoms with Crippen molar-refractivity contribution in [3.63, 3.8) is 0 Å². The topological polar surface area (TPSA) is 26.3 Å². The molecule has 2 nitrogen and oxygen atoms in total. The van der Waals surface area contributed by atoms with Crippen molar-refractivity contribution in [2.75, 3.05) is 6.61 Å². The third-order valence-corrected chi connectivity index (χ3v) is 4.90. The summed E-state index contributed by atoms with van der Waals surface area (Å²) in [6.45, 7) is 1.60. The number of carbonyl (C=O) groups is 1. The molecular weight excluding hydrogens is 332 g/mol. The van der Waals surface area contributed by atoms with Gasteiger partial charge in [-0.25, -0.2) is 0 Å². The second kappa shape index (κ2) is 14.2. The molecule has 0 aromatic heterocycles. The van der Waals surface area contributed by atoms with Gasteiger partial charge in [-0.3, -0.25) is 4.79 Å². The van der Waals surface area contributed by atoms with Gasteiger partial charge in [0, 0.05) is 18.6 Å². The van der Waals surface area contributed by atoms with Crippen molar-refractivity contribution >= 4 is 5.78 Å². The lowest BCUT2D eigenvalue weighted by Gasteiger charge is -2.05. The van der Waals surface area contributed by atoms with E-state index >= 15 is 0 Å². The lowest BCUT2D eigenvalue weighted by atomic mass is 10.0. The van der Waals surface area contributed by atoms with E-state index in [9.17, 15) is 4.79 Å². The Kier molecular flexibility index (Phi) is 11.2. The van der Waals surface area contributed by atoms with Crippen LogP contribution in [0.2, 0.25) is 0 Å². The monoisotopic (exact) mass is 366 g/mol. The normalized spacial score (nSPS) is 10.8. The van der Waals surface area contributed by atoms with Crippen LogP contribution in [0.3, 0.4) is 0 Å². The van der Waals surface area contributed by atoms with Gasteiger partial charge >= 0.3 is 0 Å². The Hall–Kier alpha value is -1.93. The van der Waals surface area contributed by atoms with Crippen LogP contribution in [0.15, 0.2) is 60.7 Å². The zero-order valence-electron chi connectivity index (χ0n) is 16.6. The summed E-state index contributed by atoms with van der Waals surface area (Å²) in [5.41, 5.74) is 2.10. The molecule has 0 saturated carbocycles. The number of Topliss-reactive ketones (excluding diaryl/α,β-unsaturated/α-hetero) is 1. The predicted molar refractivity (Wildman–Crippen MR) is 113 cm³/mol. The van der Waals surface area contributed by atoms with E-state index in [2.05, 4.69) is 24.3 Å². The number of carbonyl (C=O) groups excluding carboxylic acids is 1. The Morgan fingerprint density at radius 1 is 0.630 bits per heavy atom. The number of ketones is 1. The van der Waals surface area contributed by atoms with E-state index < -0.39 is 0 Å². The van der Waals surface area contributed by atoms with Gasteiger partial charge in [-0.1, -0.05) is 106 Å². The lowest BCUT2D eigenvalue weighted by Crippen LogP contribution is -1.98. The van der Waals surface area contributed by atoms with Crippen LogP contribution in [-0.2, 0) is 11.3 Å². The molecule has 0 fully saturated rings. The van der Waals surface area contributed by atoms with Gasteiger partial charge in [0.25, 0.3) is 0 Å². The highest BCUT2D eigenvalue weighted by atomic mass is 16.5. The van der Waals surface area contributed by atoms with Crippen LogP contribution in [0.25, 0.3) is 0 Å². The summed E-state index contributed by atoms with van der Waals surface area (Å²) < 4.78 is 5.72. The summed E-state index contributed by atoms with van der Waals surface area (Å²) in [5, 5.41) is 0. The van der Waals surface area contributed by atoms with Gasteiger partial charge < -0.3 is 4.74 Å². The third kappa shape index (κ3) is 10.1. The highest BCUT2D eigenvalue weighted by Crippen LogP contribution is 2.13. The van der Waals surface area contributed by atoms with Gasteiger partial charge in [0.1, 0.15) is 0 Å². The summed E-state index contributed by atoms with van der Waals surface area (Å²) in [5.74, 6) is 0.282. The molecule has 0 radical (unpaired) electrons. The molecule has 0 N–H and O–H groups in total. The van der Waals surface area contributed by atoms with Crippen LogP contribution in [-0.4, -0.2) is 12.4 Å². The van der Waals surface area contributed by atoms with Crippen molar-refractivity contribution in [2.24, 2.45) is 0 Å². The first kappa shape index (κ1) is 21.4. The van der Waals surface area contributed by atoms with Crippen LogP contribution < -0.4 is 0 Å². The zero-order chi connectivity index (χ0) is 19.0. The number of ether oxygens (including phenoxy) is 1. The first-order chi connectivity index (χ1) is 13.4. The molecule has 0 heterocycles. The Balaban J connectivity index is 1.32. The molecule has 0 spiro atoms. The fourth-order valence-corrected chi connectivity index (χ4v) is 3.26. The van der Waals surface area contributed by atoms with Crippen molar-refractivity contribution in [3.8, 4) is 0 Å². The van der Waals surface area contributed by atoms with Crippen LogP contribution in [0.1, 0.15) is 80.1 Å². The molecule has 0 aliphatic heterocycles. The quantitative estimate of drug-likeness (QED) is 0.251. The molecule has 0 atom stereocenters. The first-order valence-electron chi connectivity index (χ1n) is 10.6. The maximum absolute atomic E-state index is 12.0. The number of unbranched alkanes of at least 4 members (excludes halogenated alkanes) is 8. The lowest BCUT2D eigenvalue weighted by molar-refractivity contribution is 0.0979. The van der Waals surface area contributed by atoms with E-state index in [4.69, 9.17) is 4.74 Å². The van der Waals surface area contributed by atoms with E-state index in [0.717, 1.165) is 31.6 Å². The minimum Gasteiger partial charge on any atom is -0.377 e. The average molecular weight is 367 g/mol. The minimum absolute atomic E-state index is 0.282. The molecule has 0 unspecified atom stereocenters. The molecule has 2 rings (SSSR count). The van der Waals surface area contributed by atoms with Crippen molar-refractivity contribution in [1.82, 2.24) is 0 Å². The van der Waals surface area contributed by atoms with E-state index in [-0.39, 0.29) is 5.78 Å². The van der Waals surface area contributed by atoms with E-state index in [1.165, 1.54) is 50.5 Å². The smallest absolute Gasteiger partial charge is 0.162 e. The summed E-state index contributed by atoms with van der Waals surface area (Å²) in [7, 11) is 0. The zero-order valence-corrected chi connectivity index (χ0v) is 16.6. The summed E-state index contributed by atoms with van der Waals surface area (Å²) in [6.07, 6.45) is 11.8. The number of hydrogen-bond donors (Lipinski definition) is 0. The maximum Gasteiger partial charge on any atom is 0.162 e. The van der Waals surface area contributed by atoms with Crippen LogP contribution in [0, 0.1) is 0 Å². The molecule has 0 aliphatic carbocycles. The van der Waals surface area contributed by atoms with E-state index in [1.54, 1.807) is 0 Å². The van der Waals surface area contributed by atoms with E-state index in [1.807, 2.05) is 36.4 Å². The summed E-state index contributed by atoms with van der Waals surface area (Å²) in [6, 6.07) is 20.0. The molecule has 146 valence electrons. The maximum atomic E-state index is 12.0. The molecular formula is C25H34O2. The van der Waals surface area contributed by atoms with Crippen LogP contribution in [0.5, 0.6) is 0 Å². The second-order valence-corrected chi connectivity index (χ2v) is 7.26. The Labute approximate surface area is 165 Å². The molecule has 0 aliphatic rings. The van der Waals surface area contributed by atoms with Crippen molar-refractivity contribution in [2.45, 2.75) is 70.8 Å². The molecule has 0 saturated heterocycles. The predicted octanol–water partition coefficient (Wildman–Crippen LogP) is 6.99. The number of benzene rings is 2.